The third-order valence-electron chi connectivity index (χ3n) is 5.00. The first-order chi connectivity index (χ1) is 11.8. The van der Waals surface area contributed by atoms with Crippen LogP contribution in [0, 0.1) is 0 Å². The Morgan fingerprint density at radius 1 is 0.833 bits per heavy atom. The van der Waals surface area contributed by atoms with E-state index < -0.39 is 0 Å². The summed E-state index contributed by atoms with van der Waals surface area (Å²) in [5, 5.41) is 2.66. The van der Waals surface area contributed by atoms with Gasteiger partial charge in [0.05, 0.1) is 0 Å². The Morgan fingerprint density at radius 2 is 1.58 bits per heavy atom. The number of hydrogen-bond donors (Lipinski definition) is 0. The third kappa shape index (κ3) is 3.13. The van der Waals surface area contributed by atoms with Crippen LogP contribution in [0.3, 0.4) is 0 Å². The second kappa shape index (κ2) is 6.62. The van der Waals surface area contributed by atoms with Crippen LogP contribution in [-0.4, -0.2) is 18.0 Å². The van der Waals surface area contributed by atoms with Gasteiger partial charge in [0.1, 0.15) is 0 Å². The summed E-state index contributed by atoms with van der Waals surface area (Å²) >= 11 is 0. The summed E-state index contributed by atoms with van der Waals surface area (Å²) in [5.41, 5.74) is 5.84. The molecule has 1 heteroatoms. The Labute approximate surface area is 144 Å². The monoisotopic (exact) mass is 313 g/mol. The zero-order valence-corrected chi connectivity index (χ0v) is 14.2. The molecule has 1 aliphatic heterocycles. The summed E-state index contributed by atoms with van der Waals surface area (Å²) < 4.78 is 0. The van der Waals surface area contributed by atoms with Gasteiger partial charge in [-0.25, -0.2) is 0 Å². The average Bonchev–Trinajstić information content (AvgIpc) is 2.62. The van der Waals surface area contributed by atoms with Crippen LogP contribution in [0.4, 0.5) is 0 Å². The van der Waals surface area contributed by atoms with Crippen molar-refractivity contribution in [1.29, 1.82) is 0 Å². The van der Waals surface area contributed by atoms with Crippen LogP contribution in [0.15, 0.2) is 78.4 Å². The predicted molar refractivity (Wildman–Crippen MR) is 103 cm³/mol. The highest BCUT2D eigenvalue weighted by Crippen LogP contribution is 2.30. The maximum Gasteiger partial charge on any atom is 0.0237 e. The van der Waals surface area contributed by atoms with Gasteiger partial charge in [0.25, 0.3) is 0 Å². The van der Waals surface area contributed by atoms with Crippen LogP contribution < -0.4 is 0 Å². The molecule has 0 spiro atoms. The largest absolute Gasteiger partial charge is 0.295 e. The minimum absolute atomic E-state index is 1.04. The lowest BCUT2D eigenvalue weighted by molar-refractivity contribution is 0.286. The van der Waals surface area contributed by atoms with Crippen LogP contribution >= 0.6 is 0 Å². The highest BCUT2D eigenvalue weighted by Gasteiger charge is 2.17. The highest BCUT2D eigenvalue weighted by atomic mass is 15.1. The molecule has 0 aliphatic carbocycles. The lowest BCUT2D eigenvalue weighted by atomic mass is 9.92. The fraction of sp³-hybridized carbons (Fsp3) is 0.217. The van der Waals surface area contributed by atoms with Crippen LogP contribution in [0.5, 0.6) is 0 Å². The average molecular weight is 313 g/mol. The molecule has 0 atom stereocenters. The minimum Gasteiger partial charge on any atom is -0.295 e. The second-order valence-corrected chi connectivity index (χ2v) is 6.77. The maximum absolute atomic E-state index is 2.55. The second-order valence-electron chi connectivity index (χ2n) is 6.77. The Balaban J connectivity index is 1.56. The highest BCUT2D eigenvalue weighted by molar-refractivity contribution is 5.86. The summed E-state index contributed by atoms with van der Waals surface area (Å²) in [6.45, 7) is 5.54. The van der Waals surface area contributed by atoms with Gasteiger partial charge in [-0.3, -0.25) is 4.90 Å². The number of rotatable bonds is 3. The summed E-state index contributed by atoms with van der Waals surface area (Å²) in [4.78, 5) is 2.55. The van der Waals surface area contributed by atoms with Crippen LogP contribution in [0.2, 0.25) is 0 Å². The predicted octanol–water partition coefficient (Wildman–Crippen LogP) is 5.52. The topological polar surface area (TPSA) is 3.24 Å². The van der Waals surface area contributed by atoms with Crippen molar-refractivity contribution in [2.45, 2.75) is 19.9 Å². The first kappa shape index (κ1) is 15.2. The SMILES string of the molecule is CC1=C(c2ccc3ccccc3c2)CCN(Cc2ccccc2)C1. The number of nitrogens with zero attached hydrogens (tertiary/aromatic N) is 1. The van der Waals surface area contributed by atoms with Crippen molar-refractivity contribution >= 4 is 16.3 Å². The van der Waals surface area contributed by atoms with Gasteiger partial charge in [0.2, 0.25) is 0 Å². The molecular weight excluding hydrogens is 290 g/mol. The Morgan fingerprint density at radius 3 is 2.38 bits per heavy atom. The summed E-state index contributed by atoms with van der Waals surface area (Å²) in [7, 11) is 0. The van der Waals surface area contributed by atoms with E-state index in [-0.39, 0.29) is 0 Å². The van der Waals surface area contributed by atoms with Gasteiger partial charge >= 0.3 is 0 Å². The van der Waals surface area contributed by atoms with Gasteiger partial charge in [-0.15, -0.1) is 0 Å². The van der Waals surface area contributed by atoms with E-state index in [4.69, 9.17) is 0 Å². The molecule has 4 rings (SSSR count). The van der Waals surface area contributed by atoms with Gasteiger partial charge in [-0.2, -0.15) is 0 Å². The molecule has 0 unspecified atom stereocenters. The fourth-order valence-corrected chi connectivity index (χ4v) is 3.74. The van der Waals surface area contributed by atoms with Crippen LogP contribution in [-0.2, 0) is 6.54 Å². The van der Waals surface area contributed by atoms with E-state index in [2.05, 4.69) is 84.6 Å². The van der Waals surface area contributed by atoms with Crippen molar-refractivity contribution < 1.29 is 0 Å². The minimum atomic E-state index is 1.04. The van der Waals surface area contributed by atoms with Crippen molar-refractivity contribution in [3.63, 3.8) is 0 Å². The van der Waals surface area contributed by atoms with Crippen molar-refractivity contribution in [1.82, 2.24) is 4.90 Å². The van der Waals surface area contributed by atoms with Gasteiger partial charge in [0.15, 0.2) is 0 Å². The molecule has 0 saturated carbocycles. The normalized spacial score (nSPS) is 15.9. The summed E-state index contributed by atoms with van der Waals surface area (Å²) in [6.07, 6.45) is 1.14. The standard InChI is InChI=1S/C23H23N/c1-18-16-24(17-19-7-3-2-4-8-19)14-13-23(18)22-12-11-20-9-5-6-10-21(20)15-22/h2-12,15H,13-14,16-17H2,1H3. The number of hydrogen-bond acceptors (Lipinski definition) is 1. The smallest absolute Gasteiger partial charge is 0.0237 e. The van der Waals surface area contributed by atoms with Gasteiger partial charge in [-0.1, -0.05) is 72.3 Å². The van der Waals surface area contributed by atoms with Gasteiger partial charge in [-0.05, 0) is 46.9 Å². The summed E-state index contributed by atoms with van der Waals surface area (Å²) in [6, 6.07) is 26.3. The van der Waals surface area contributed by atoms with E-state index in [9.17, 15) is 0 Å². The number of benzene rings is 3. The van der Waals surface area contributed by atoms with Crippen molar-refractivity contribution in [3.05, 3.63) is 89.5 Å². The van der Waals surface area contributed by atoms with E-state index in [0.717, 1.165) is 26.1 Å². The Hall–Kier alpha value is -2.38. The van der Waals surface area contributed by atoms with Gasteiger partial charge < -0.3 is 0 Å². The molecule has 0 bridgehead atoms. The lowest BCUT2D eigenvalue weighted by Gasteiger charge is -2.30. The van der Waals surface area contributed by atoms with E-state index in [1.54, 1.807) is 0 Å². The van der Waals surface area contributed by atoms with Crippen molar-refractivity contribution in [2.75, 3.05) is 13.1 Å². The zero-order chi connectivity index (χ0) is 16.4. The fourth-order valence-electron chi connectivity index (χ4n) is 3.74. The molecule has 0 N–H and O–H groups in total. The van der Waals surface area contributed by atoms with E-state index in [0.29, 0.717) is 0 Å². The molecule has 1 heterocycles. The van der Waals surface area contributed by atoms with Gasteiger partial charge in [0, 0.05) is 19.6 Å². The molecule has 0 aromatic heterocycles. The molecule has 24 heavy (non-hydrogen) atoms. The van der Waals surface area contributed by atoms with Crippen LogP contribution in [0.25, 0.3) is 16.3 Å². The van der Waals surface area contributed by atoms with Crippen molar-refractivity contribution in [3.8, 4) is 0 Å². The first-order valence-corrected chi connectivity index (χ1v) is 8.74. The van der Waals surface area contributed by atoms with E-state index in [1.165, 1.54) is 33.0 Å². The number of fused-ring (bicyclic) bond motifs is 1. The Bertz CT molecular complexity index is 877. The maximum atomic E-state index is 2.55. The quantitative estimate of drug-likeness (QED) is 0.615. The molecular formula is C23H23N. The molecule has 3 aromatic carbocycles. The van der Waals surface area contributed by atoms with E-state index in [1.807, 2.05) is 0 Å². The lowest BCUT2D eigenvalue weighted by Crippen LogP contribution is -2.30. The van der Waals surface area contributed by atoms with E-state index >= 15 is 0 Å². The molecule has 1 nitrogen and oxygen atoms in total. The zero-order valence-electron chi connectivity index (χ0n) is 14.2. The first-order valence-electron chi connectivity index (χ1n) is 8.74. The molecule has 3 aromatic rings. The molecule has 0 fully saturated rings. The molecule has 0 amide bonds. The molecule has 1 aliphatic rings. The molecule has 0 saturated heterocycles. The van der Waals surface area contributed by atoms with Crippen molar-refractivity contribution in [2.24, 2.45) is 0 Å². The molecule has 0 radical (unpaired) electrons. The Kier molecular flexibility index (Phi) is 4.18. The van der Waals surface area contributed by atoms with Crippen LogP contribution in [0.1, 0.15) is 24.5 Å². The molecule has 120 valence electrons. The summed E-state index contributed by atoms with van der Waals surface area (Å²) in [5.74, 6) is 0. The third-order valence-corrected chi connectivity index (χ3v) is 5.00.